The summed E-state index contributed by atoms with van der Waals surface area (Å²) in [5, 5.41) is 12.1. The number of carbonyl (C=O) groups excluding carboxylic acids is 2. The van der Waals surface area contributed by atoms with Crippen LogP contribution < -0.4 is 11.1 Å². The molecule has 1 heterocycles. The van der Waals surface area contributed by atoms with E-state index in [0.717, 1.165) is 19.3 Å². The molecule has 124 valence electrons. The lowest BCUT2D eigenvalue weighted by atomic mass is 9.66. The summed E-state index contributed by atoms with van der Waals surface area (Å²) in [5.41, 5.74) is 4.35. The number of carbonyl (C=O) groups is 3. The number of amides is 2. The van der Waals surface area contributed by atoms with E-state index < -0.39 is 17.3 Å². The minimum absolute atomic E-state index is 0.0270. The maximum Gasteiger partial charge on any atom is 0.310 e. The van der Waals surface area contributed by atoms with Gasteiger partial charge in [0.1, 0.15) is 0 Å². The number of primary amides is 1. The van der Waals surface area contributed by atoms with Gasteiger partial charge in [0.15, 0.2) is 0 Å². The van der Waals surface area contributed by atoms with Crippen LogP contribution in [0.1, 0.15) is 44.9 Å². The molecule has 1 unspecified atom stereocenters. The van der Waals surface area contributed by atoms with Crippen LogP contribution in [0.2, 0.25) is 0 Å². The molecule has 1 saturated heterocycles. The molecule has 1 saturated carbocycles. The Bertz CT molecular complexity index is 441. The molecular formula is C15H24N2O5. The van der Waals surface area contributed by atoms with Crippen LogP contribution in [0, 0.1) is 11.3 Å². The third-order valence-corrected chi connectivity index (χ3v) is 4.87. The average molecular weight is 312 g/mol. The SMILES string of the molecule is NC(=O)CC(NC(=O)CC1(C(=O)O)CCC1)C1CCOCC1. The van der Waals surface area contributed by atoms with Crippen LogP contribution in [0.4, 0.5) is 0 Å². The van der Waals surface area contributed by atoms with Gasteiger partial charge in [0, 0.05) is 32.1 Å². The number of aliphatic carboxylic acids is 1. The smallest absolute Gasteiger partial charge is 0.310 e. The Morgan fingerprint density at radius 3 is 2.36 bits per heavy atom. The van der Waals surface area contributed by atoms with Gasteiger partial charge in [-0.15, -0.1) is 0 Å². The van der Waals surface area contributed by atoms with E-state index in [2.05, 4.69) is 5.32 Å². The summed E-state index contributed by atoms with van der Waals surface area (Å²) in [6.45, 7) is 1.21. The highest BCUT2D eigenvalue weighted by Gasteiger charge is 2.46. The van der Waals surface area contributed by atoms with Gasteiger partial charge in [-0.3, -0.25) is 14.4 Å². The molecule has 2 fully saturated rings. The van der Waals surface area contributed by atoms with Crippen molar-refractivity contribution >= 4 is 17.8 Å². The predicted molar refractivity (Wildman–Crippen MR) is 77.8 cm³/mol. The minimum Gasteiger partial charge on any atom is -0.481 e. The second kappa shape index (κ2) is 7.09. The van der Waals surface area contributed by atoms with Crippen molar-refractivity contribution < 1.29 is 24.2 Å². The quantitative estimate of drug-likeness (QED) is 0.629. The number of carboxylic acids is 1. The summed E-state index contributed by atoms with van der Waals surface area (Å²) in [4.78, 5) is 34.8. The number of hydrogen-bond acceptors (Lipinski definition) is 4. The molecule has 0 aromatic rings. The molecule has 7 heteroatoms. The number of nitrogens with two attached hydrogens (primary N) is 1. The third-order valence-electron chi connectivity index (χ3n) is 4.87. The third kappa shape index (κ3) is 3.97. The molecule has 0 spiro atoms. The first-order valence-corrected chi connectivity index (χ1v) is 7.82. The summed E-state index contributed by atoms with van der Waals surface area (Å²) in [6.07, 6.45) is 3.49. The van der Waals surface area contributed by atoms with E-state index in [9.17, 15) is 19.5 Å². The molecule has 1 aliphatic carbocycles. The maximum absolute atomic E-state index is 12.2. The zero-order chi connectivity index (χ0) is 16.2. The summed E-state index contributed by atoms with van der Waals surface area (Å²) in [7, 11) is 0. The van der Waals surface area contributed by atoms with Crippen molar-refractivity contribution in [2.24, 2.45) is 17.1 Å². The highest BCUT2D eigenvalue weighted by atomic mass is 16.5. The fourth-order valence-electron chi connectivity index (χ4n) is 3.31. The van der Waals surface area contributed by atoms with Crippen LogP contribution >= 0.6 is 0 Å². The molecule has 0 bridgehead atoms. The molecule has 2 rings (SSSR count). The van der Waals surface area contributed by atoms with Gasteiger partial charge in [0.25, 0.3) is 0 Å². The van der Waals surface area contributed by atoms with Crippen molar-refractivity contribution in [2.45, 2.75) is 51.0 Å². The number of hydrogen-bond donors (Lipinski definition) is 3. The lowest BCUT2D eigenvalue weighted by Crippen LogP contribution is -2.48. The zero-order valence-corrected chi connectivity index (χ0v) is 12.7. The van der Waals surface area contributed by atoms with E-state index in [0.29, 0.717) is 26.1 Å². The van der Waals surface area contributed by atoms with Gasteiger partial charge in [0.05, 0.1) is 5.41 Å². The summed E-state index contributed by atoms with van der Waals surface area (Å²) in [5.74, 6) is -1.54. The lowest BCUT2D eigenvalue weighted by molar-refractivity contribution is -0.157. The Balaban J connectivity index is 1.95. The number of carboxylic acid groups (broad SMARTS) is 1. The Morgan fingerprint density at radius 2 is 1.91 bits per heavy atom. The van der Waals surface area contributed by atoms with Gasteiger partial charge in [0.2, 0.25) is 11.8 Å². The number of nitrogens with one attached hydrogen (secondary N) is 1. The first kappa shape index (κ1) is 16.7. The second-order valence-corrected chi connectivity index (χ2v) is 6.41. The van der Waals surface area contributed by atoms with Crippen molar-refractivity contribution in [3.8, 4) is 0 Å². The standard InChI is InChI=1S/C15H24N2O5/c16-12(18)8-11(10-2-6-22-7-3-10)17-13(19)9-15(14(20)21)4-1-5-15/h10-11H,1-9H2,(H2,16,18)(H,17,19)(H,20,21). The molecule has 1 atom stereocenters. The fourth-order valence-corrected chi connectivity index (χ4v) is 3.31. The monoisotopic (exact) mass is 312 g/mol. The molecule has 0 aromatic heterocycles. The second-order valence-electron chi connectivity index (χ2n) is 6.41. The molecule has 4 N–H and O–H groups in total. The number of ether oxygens (including phenoxy) is 1. The van der Waals surface area contributed by atoms with E-state index in [1.165, 1.54) is 0 Å². The van der Waals surface area contributed by atoms with Gasteiger partial charge in [-0.05, 0) is 31.6 Å². The Labute approximate surface area is 129 Å². The van der Waals surface area contributed by atoms with Gasteiger partial charge >= 0.3 is 5.97 Å². The molecule has 22 heavy (non-hydrogen) atoms. The van der Waals surface area contributed by atoms with Gasteiger partial charge in [-0.2, -0.15) is 0 Å². The first-order chi connectivity index (χ1) is 10.4. The summed E-state index contributed by atoms with van der Waals surface area (Å²) < 4.78 is 5.29. The Morgan fingerprint density at radius 1 is 1.27 bits per heavy atom. The minimum atomic E-state index is -0.920. The van der Waals surface area contributed by atoms with E-state index in [1.54, 1.807) is 0 Å². The molecular weight excluding hydrogens is 288 g/mol. The predicted octanol–water partition coefficient (Wildman–Crippen LogP) is 0.418. The van der Waals surface area contributed by atoms with E-state index >= 15 is 0 Å². The molecule has 1 aliphatic heterocycles. The van der Waals surface area contributed by atoms with Crippen LogP contribution in [0.5, 0.6) is 0 Å². The maximum atomic E-state index is 12.2. The van der Waals surface area contributed by atoms with Crippen molar-refractivity contribution in [2.75, 3.05) is 13.2 Å². The number of rotatable bonds is 7. The zero-order valence-electron chi connectivity index (χ0n) is 12.7. The first-order valence-electron chi connectivity index (χ1n) is 7.82. The van der Waals surface area contributed by atoms with E-state index in [1.807, 2.05) is 0 Å². The molecule has 2 aliphatic rings. The van der Waals surface area contributed by atoms with Crippen LogP contribution in [0.3, 0.4) is 0 Å². The molecule has 0 radical (unpaired) electrons. The van der Waals surface area contributed by atoms with Gasteiger partial charge in [-0.25, -0.2) is 0 Å². The summed E-state index contributed by atoms with van der Waals surface area (Å²) >= 11 is 0. The molecule has 7 nitrogen and oxygen atoms in total. The fraction of sp³-hybridized carbons (Fsp3) is 0.800. The van der Waals surface area contributed by atoms with Crippen molar-refractivity contribution in [3.63, 3.8) is 0 Å². The largest absolute Gasteiger partial charge is 0.481 e. The van der Waals surface area contributed by atoms with Crippen LogP contribution in [-0.4, -0.2) is 42.1 Å². The van der Waals surface area contributed by atoms with Crippen LogP contribution in [-0.2, 0) is 19.1 Å². The van der Waals surface area contributed by atoms with Crippen molar-refractivity contribution in [3.05, 3.63) is 0 Å². The normalized spacial score (nSPS) is 22.4. The van der Waals surface area contributed by atoms with E-state index in [4.69, 9.17) is 10.5 Å². The van der Waals surface area contributed by atoms with Crippen LogP contribution in [0.15, 0.2) is 0 Å². The Kier molecular flexibility index (Phi) is 5.39. The van der Waals surface area contributed by atoms with Crippen LogP contribution in [0.25, 0.3) is 0 Å². The van der Waals surface area contributed by atoms with Crippen molar-refractivity contribution in [1.82, 2.24) is 5.32 Å². The highest BCUT2D eigenvalue weighted by Crippen LogP contribution is 2.44. The van der Waals surface area contributed by atoms with Crippen molar-refractivity contribution in [1.29, 1.82) is 0 Å². The Hall–Kier alpha value is -1.63. The molecule has 2 amide bonds. The van der Waals surface area contributed by atoms with Gasteiger partial charge < -0.3 is 20.9 Å². The molecule has 0 aromatic carbocycles. The summed E-state index contributed by atoms with van der Waals surface area (Å²) in [6, 6.07) is -0.333. The average Bonchev–Trinajstić information content (AvgIpc) is 2.42. The highest BCUT2D eigenvalue weighted by molar-refractivity contribution is 5.86. The topological polar surface area (TPSA) is 119 Å². The van der Waals surface area contributed by atoms with Gasteiger partial charge in [-0.1, -0.05) is 6.42 Å². The van der Waals surface area contributed by atoms with E-state index in [-0.39, 0.29) is 30.7 Å². The lowest BCUT2D eigenvalue weighted by Gasteiger charge is -2.38.